The highest BCUT2D eigenvalue weighted by molar-refractivity contribution is 7.94. The zero-order chi connectivity index (χ0) is 19.9. The number of nitrogens with zero attached hydrogens (tertiary/aromatic N) is 2. The lowest BCUT2D eigenvalue weighted by atomic mass is 10.2. The molecule has 4 rings (SSSR count). The van der Waals surface area contributed by atoms with Crippen molar-refractivity contribution < 1.29 is 13.2 Å². The maximum atomic E-state index is 13.4. The molecule has 7 heteroatoms. The largest absolute Gasteiger partial charge is 0.343 e. The summed E-state index contributed by atoms with van der Waals surface area (Å²) in [5.41, 5.74) is 2.11. The molecule has 0 aliphatic carbocycles. The Hall–Kier alpha value is -2.83. The summed E-state index contributed by atoms with van der Waals surface area (Å²) < 4.78 is 27.4. The summed E-state index contributed by atoms with van der Waals surface area (Å²) in [5.74, 6) is 0. The molecule has 1 aliphatic heterocycles. The van der Waals surface area contributed by atoms with Gasteiger partial charge in [0.25, 0.3) is 10.0 Å². The molecule has 3 aromatic carbocycles. The van der Waals surface area contributed by atoms with Crippen molar-refractivity contribution in [3.8, 4) is 0 Å². The van der Waals surface area contributed by atoms with Crippen molar-refractivity contribution in [3.63, 3.8) is 0 Å². The quantitative estimate of drug-likeness (QED) is 0.609. The number of amides is 2. The van der Waals surface area contributed by atoms with Crippen LogP contribution in [0.25, 0.3) is 0 Å². The molecule has 0 N–H and O–H groups in total. The summed E-state index contributed by atoms with van der Waals surface area (Å²) >= 11 is 6.28. The molecule has 28 heavy (non-hydrogen) atoms. The molecule has 1 aliphatic rings. The van der Waals surface area contributed by atoms with E-state index in [-0.39, 0.29) is 11.4 Å². The normalized spacial score (nSPS) is 15.4. The van der Waals surface area contributed by atoms with Crippen molar-refractivity contribution in [2.45, 2.75) is 18.4 Å². The van der Waals surface area contributed by atoms with Crippen LogP contribution in [0.3, 0.4) is 0 Å². The van der Waals surface area contributed by atoms with Crippen LogP contribution in [0.5, 0.6) is 0 Å². The van der Waals surface area contributed by atoms with E-state index in [1.54, 1.807) is 55.5 Å². The lowest BCUT2D eigenvalue weighted by molar-refractivity contribution is 0.253. The van der Waals surface area contributed by atoms with Gasteiger partial charge in [-0.3, -0.25) is 4.90 Å². The van der Waals surface area contributed by atoms with Gasteiger partial charge in [0.2, 0.25) is 0 Å². The van der Waals surface area contributed by atoms with E-state index in [1.165, 1.54) is 11.0 Å². The highest BCUT2D eigenvalue weighted by Gasteiger charge is 2.42. The Labute approximate surface area is 168 Å². The third kappa shape index (κ3) is 2.95. The van der Waals surface area contributed by atoms with Gasteiger partial charge in [-0.05, 0) is 42.3 Å². The fourth-order valence-electron chi connectivity index (χ4n) is 3.29. The van der Waals surface area contributed by atoms with Crippen molar-refractivity contribution in [1.82, 2.24) is 0 Å². The van der Waals surface area contributed by atoms with E-state index in [1.807, 2.05) is 18.2 Å². The second-order valence-corrected chi connectivity index (χ2v) is 8.65. The molecule has 0 saturated heterocycles. The molecule has 0 unspecified atom stereocenters. The maximum absolute atomic E-state index is 13.4. The lowest BCUT2D eigenvalue weighted by Crippen LogP contribution is -2.51. The van der Waals surface area contributed by atoms with Crippen molar-refractivity contribution in [3.05, 3.63) is 88.9 Å². The van der Waals surface area contributed by atoms with Gasteiger partial charge in [0, 0.05) is 5.02 Å². The standard InChI is InChI=1S/C21H17ClN2O3S/c1-15-8-2-5-11-18(15)24-21(25)23(14-16-9-3-4-10-17(16)22)19-12-6-7-13-20(19)28(24,26)27/h2-13H,14H2,1H3. The first-order valence-electron chi connectivity index (χ1n) is 8.66. The number of halogens is 1. The fourth-order valence-corrected chi connectivity index (χ4v) is 5.14. The van der Waals surface area contributed by atoms with Crippen molar-refractivity contribution in [2.24, 2.45) is 0 Å². The maximum Gasteiger partial charge on any atom is 0.343 e. The number of hydrogen-bond donors (Lipinski definition) is 0. The minimum Gasteiger partial charge on any atom is -0.287 e. The van der Waals surface area contributed by atoms with E-state index in [2.05, 4.69) is 0 Å². The number of urea groups is 1. The van der Waals surface area contributed by atoms with E-state index in [0.29, 0.717) is 22.0 Å². The molecule has 0 radical (unpaired) electrons. The van der Waals surface area contributed by atoms with Gasteiger partial charge in [0.1, 0.15) is 4.90 Å². The molecule has 2 amide bonds. The van der Waals surface area contributed by atoms with E-state index in [0.717, 1.165) is 9.87 Å². The van der Waals surface area contributed by atoms with Crippen LogP contribution in [0.4, 0.5) is 16.2 Å². The molecule has 0 spiro atoms. The SMILES string of the molecule is Cc1ccccc1N1C(=O)N(Cc2ccccc2Cl)c2ccccc2S1(=O)=O. The Balaban J connectivity index is 1.91. The second kappa shape index (κ2) is 6.96. The number of aryl methyl sites for hydroxylation is 1. The smallest absolute Gasteiger partial charge is 0.287 e. The molecule has 3 aromatic rings. The van der Waals surface area contributed by atoms with Crippen LogP contribution in [0, 0.1) is 6.92 Å². The first-order chi connectivity index (χ1) is 13.4. The molecule has 0 fully saturated rings. The highest BCUT2D eigenvalue weighted by atomic mass is 35.5. The molecule has 0 aromatic heterocycles. The summed E-state index contributed by atoms with van der Waals surface area (Å²) in [4.78, 5) is 14.9. The van der Waals surface area contributed by atoms with Crippen molar-refractivity contribution >= 4 is 39.0 Å². The molecule has 142 valence electrons. The van der Waals surface area contributed by atoms with E-state index < -0.39 is 16.1 Å². The number of hydrogen-bond acceptors (Lipinski definition) is 3. The van der Waals surface area contributed by atoms with Gasteiger partial charge in [0.15, 0.2) is 0 Å². The average molecular weight is 413 g/mol. The average Bonchev–Trinajstić information content (AvgIpc) is 2.68. The number of para-hydroxylation sites is 2. The Bertz CT molecular complexity index is 1180. The van der Waals surface area contributed by atoms with Crippen molar-refractivity contribution in [1.29, 1.82) is 0 Å². The van der Waals surface area contributed by atoms with Gasteiger partial charge in [-0.25, -0.2) is 13.2 Å². The van der Waals surface area contributed by atoms with Crippen LogP contribution < -0.4 is 9.21 Å². The summed E-state index contributed by atoms with van der Waals surface area (Å²) in [6, 6.07) is 20.0. The van der Waals surface area contributed by atoms with E-state index in [4.69, 9.17) is 11.6 Å². The predicted octanol–water partition coefficient (Wildman–Crippen LogP) is 4.98. The topological polar surface area (TPSA) is 57.7 Å². The van der Waals surface area contributed by atoms with Crippen LogP contribution in [0.2, 0.25) is 5.02 Å². The Kier molecular flexibility index (Phi) is 4.61. The number of sulfonamides is 1. The van der Waals surface area contributed by atoms with Gasteiger partial charge in [-0.15, -0.1) is 0 Å². The fraction of sp³-hybridized carbons (Fsp3) is 0.0952. The Morgan fingerprint density at radius 2 is 1.46 bits per heavy atom. The van der Waals surface area contributed by atoms with E-state index >= 15 is 0 Å². The number of rotatable bonds is 3. The third-order valence-corrected chi connectivity index (χ3v) is 6.80. The Morgan fingerprint density at radius 3 is 2.18 bits per heavy atom. The van der Waals surface area contributed by atoms with Gasteiger partial charge >= 0.3 is 6.03 Å². The molecule has 1 heterocycles. The van der Waals surface area contributed by atoms with Crippen LogP contribution in [0.15, 0.2) is 77.7 Å². The van der Waals surface area contributed by atoms with E-state index in [9.17, 15) is 13.2 Å². The number of benzene rings is 3. The zero-order valence-electron chi connectivity index (χ0n) is 15.0. The highest BCUT2D eigenvalue weighted by Crippen LogP contribution is 2.39. The summed E-state index contributed by atoms with van der Waals surface area (Å²) in [6.07, 6.45) is 0. The molecular formula is C21H17ClN2O3S. The predicted molar refractivity (Wildman–Crippen MR) is 110 cm³/mol. The minimum atomic E-state index is -4.03. The summed E-state index contributed by atoms with van der Waals surface area (Å²) in [5, 5.41) is 0.517. The summed E-state index contributed by atoms with van der Waals surface area (Å²) in [6.45, 7) is 1.93. The van der Waals surface area contributed by atoms with Crippen LogP contribution >= 0.6 is 11.6 Å². The first-order valence-corrected chi connectivity index (χ1v) is 10.5. The van der Waals surface area contributed by atoms with Crippen LogP contribution in [-0.4, -0.2) is 14.4 Å². The second-order valence-electron chi connectivity index (χ2n) is 6.48. The molecule has 0 saturated carbocycles. The van der Waals surface area contributed by atoms with Gasteiger partial charge in [-0.2, -0.15) is 4.31 Å². The Morgan fingerprint density at radius 1 is 0.857 bits per heavy atom. The third-order valence-electron chi connectivity index (χ3n) is 4.70. The number of carbonyl (C=O) groups excluding carboxylic acids is 1. The van der Waals surface area contributed by atoms with Gasteiger partial charge < -0.3 is 0 Å². The lowest BCUT2D eigenvalue weighted by Gasteiger charge is -2.36. The molecule has 0 atom stereocenters. The van der Waals surface area contributed by atoms with Crippen LogP contribution in [-0.2, 0) is 16.6 Å². The monoisotopic (exact) mass is 412 g/mol. The number of carbonyl (C=O) groups is 1. The van der Waals surface area contributed by atoms with Crippen LogP contribution in [0.1, 0.15) is 11.1 Å². The number of anilines is 2. The van der Waals surface area contributed by atoms with Crippen molar-refractivity contribution in [2.75, 3.05) is 9.21 Å². The molecule has 0 bridgehead atoms. The van der Waals surface area contributed by atoms with Gasteiger partial charge in [0.05, 0.1) is 17.9 Å². The molecule has 5 nitrogen and oxygen atoms in total. The zero-order valence-corrected chi connectivity index (χ0v) is 16.6. The molecular weight excluding hydrogens is 396 g/mol. The first kappa shape index (κ1) is 18.5. The number of fused-ring (bicyclic) bond motifs is 1. The summed E-state index contributed by atoms with van der Waals surface area (Å²) in [7, 11) is -4.03. The minimum absolute atomic E-state index is 0.0879. The van der Waals surface area contributed by atoms with Gasteiger partial charge in [-0.1, -0.05) is 60.1 Å².